The van der Waals surface area contributed by atoms with Crippen LogP contribution < -0.4 is 10.2 Å². The van der Waals surface area contributed by atoms with Gasteiger partial charge in [-0.25, -0.2) is 9.78 Å². The molecule has 0 atom stereocenters. The highest BCUT2D eigenvalue weighted by Crippen LogP contribution is 2.14. The second-order valence-electron chi connectivity index (χ2n) is 6.03. The molecule has 2 N–H and O–H groups in total. The number of pyridine rings is 2. The first-order valence-corrected chi connectivity index (χ1v) is 8.54. The first-order valence-electron chi connectivity index (χ1n) is 8.54. The van der Waals surface area contributed by atoms with Gasteiger partial charge in [0.05, 0.1) is 0 Å². The number of hydrogen-bond donors (Lipinski definition) is 2. The van der Waals surface area contributed by atoms with Crippen molar-refractivity contribution >= 4 is 17.5 Å². The molecule has 3 heterocycles. The molecule has 2 aromatic heterocycles. The van der Waals surface area contributed by atoms with E-state index in [1.807, 2.05) is 12.4 Å². The van der Waals surface area contributed by atoms with Crippen LogP contribution in [0.4, 0.5) is 11.5 Å². The minimum absolute atomic E-state index is 0.0669. The van der Waals surface area contributed by atoms with Gasteiger partial charge in [-0.2, -0.15) is 0 Å². The topological polar surface area (TPSA) is 81.6 Å². The number of nitrogens with one attached hydrogen (secondary N) is 1. The van der Waals surface area contributed by atoms with Gasteiger partial charge < -0.3 is 15.3 Å². The molecule has 2 aromatic rings. The van der Waals surface area contributed by atoms with Crippen molar-refractivity contribution in [3.05, 3.63) is 48.4 Å². The monoisotopic (exact) mass is 341 g/mol. The highest BCUT2D eigenvalue weighted by molar-refractivity contribution is 5.85. The fourth-order valence-electron chi connectivity index (χ4n) is 2.96. The lowest BCUT2D eigenvalue weighted by Crippen LogP contribution is -2.46. The molecule has 0 saturated carbocycles. The zero-order chi connectivity index (χ0) is 17.5. The molecule has 132 valence electrons. The standard InChI is InChI=1S/C18H23N5O2/c24-18(25)16-3-1-4-17(21-16)20-7-2-10-22-11-13-23(14-12-22)15-5-8-19-9-6-15/h1,3-6,8-9H,2,7,10-14H2,(H,20,21)(H,24,25). The van der Waals surface area contributed by atoms with Gasteiger partial charge in [0.2, 0.25) is 0 Å². The van der Waals surface area contributed by atoms with Crippen LogP contribution in [0, 0.1) is 0 Å². The number of anilines is 2. The van der Waals surface area contributed by atoms with Gasteiger partial charge in [0.15, 0.2) is 5.69 Å². The normalized spacial score (nSPS) is 15.1. The molecule has 0 spiro atoms. The SMILES string of the molecule is O=C(O)c1cccc(NCCCN2CCN(c3ccncc3)CC2)n1. The Morgan fingerprint density at radius 3 is 2.60 bits per heavy atom. The number of nitrogens with zero attached hydrogens (tertiary/aromatic N) is 4. The number of carboxylic acid groups (broad SMARTS) is 1. The highest BCUT2D eigenvalue weighted by atomic mass is 16.4. The number of rotatable bonds is 7. The summed E-state index contributed by atoms with van der Waals surface area (Å²) in [6, 6.07) is 9.10. The van der Waals surface area contributed by atoms with Gasteiger partial charge in [-0.3, -0.25) is 9.88 Å². The molecule has 25 heavy (non-hydrogen) atoms. The maximum Gasteiger partial charge on any atom is 0.354 e. The third-order valence-electron chi connectivity index (χ3n) is 4.33. The van der Waals surface area contributed by atoms with Crippen molar-refractivity contribution in [1.29, 1.82) is 0 Å². The predicted octanol–water partition coefficient (Wildman–Crippen LogP) is 1.80. The van der Waals surface area contributed by atoms with Crippen molar-refractivity contribution in [2.45, 2.75) is 6.42 Å². The molecule has 7 nitrogen and oxygen atoms in total. The van der Waals surface area contributed by atoms with Crippen LogP contribution in [0.25, 0.3) is 0 Å². The summed E-state index contributed by atoms with van der Waals surface area (Å²) in [4.78, 5) is 23.9. The van der Waals surface area contributed by atoms with Crippen LogP contribution in [0.1, 0.15) is 16.9 Å². The molecule has 0 bridgehead atoms. The van der Waals surface area contributed by atoms with Crippen LogP contribution in [0.3, 0.4) is 0 Å². The smallest absolute Gasteiger partial charge is 0.354 e. The van der Waals surface area contributed by atoms with Crippen molar-refractivity contribution in [3.63, 3.8) is 0 Å². The average molecular weight is 341 g/mol. The first-order chi connectivity index (χ1) is 12.2. The zero-order valence-electron chi connectivity index (χ0n) is 14.1. The lowest BCUT2D eigenvalue weighted by molar-refractivity contribution is 0.0690. The van der Waals surface area contributed by atoms with Gasteiger partial charge in [0.25, 0.3) is 0 Å². The van der Waals surface area contributed by atoms with Gasteiger partial charge >= 0.3 is 5.97 Å². The molecule has 3 rings (SSSR count). The van der Waals surface area contributed by atoms with Gasteiger partial charge in [-0.05, 0) is 37.2 Å². The summed E-state index contributed by atoms with van der Waals surface area (Å²) in [7, 11) is 0. The van der Waals surface area contributed by atoms with E-state index in [-0.39, 0.29) is 5.69 Å². The summed E-state index contributed by atoms with van der Waals surface area (Å²) in [5.74, 6) is -0.391. The quantitative estimate of drug-likeness (QED) is 0.743. The number of aromatic carboxylic acids is 1. The molecule has 0 unspecified atom stereocenters. The summed E-state index contributed by atoms with van der Waals surface area (Å²) in [5.41, 5.74) is 1.30. The van der Waals surface area contributed by atoms with E-state index in [0.717, 1.165) is 45.7 Å². The highest BCUT2D eigenvalue weighted by Gasteiger charge is 2.16. The average Bonchev–Trinajstić information content (AvgIpc) is 2.67. The second kappa shape index (κ2) is 8.43. The molecule has 1 saturated heterocycles. The second-order valence-corrected chi connectivity index (χ2v) is 6.03. The maximum atomic E-state index is 10.9. The van der Waals surface area contributed by atoms with E-state index in [1.54, 1.807) is 12.1 Å². The summed E-state index contributed by atoms with van der Waals surface area (Å²) < 4.78 is 0. The van der Waals surface area contributed by atoms with E-state index in [1.165, 1.54) is 11.8 Å². The van der Waals surface area contributed by atoms with Crippen molar-refractivity contribution in [3.8, 4) is 0 Å². The summed E-state index contributed by atoms with van der Waals surface area (Å²) in [6.45, 7) is 5.96. The minimum atomic E-state index is -1.00. The molecule has 1 fully saturated rings. The van der Waals surface area contributed by atoms with Crippen molar-refractivity contribution in [2.75, 3.05) is 49.5 Å². The molecule has 1 aliphatic rings. The zero-order valence-corrected chi connectivity index (χ0v) is 14.1. The fourth-order valence-corrected chi connectivity index (χ4v) is 2.96. The number of carbonyl (C=O) groups is 1. The lowest BCUT2D eigenvalue weighted by atomic mass is 10.2. The van der Waals surface area contributed by atoms with E-state index in [9.17, 15) is 4.79 Å². The van der Waals surface area contributed by atoms with E-state index >= 15 is 0 Å². The Morgan fingerprint density at radius 1 is 1.12 bits per heavy atom. The van der Waals surface area contributed by atoms with Gasteiger partial charge in [0.1, 0.15) is 5.82 Å². The molecule has 0 amide bonds. The van der Waals surface area contributed by atoms with Crippen LogP contribution >= 0.6 is 0 Å². The van der Waals surface area contributed by atoms with Crippen LogP contribution in [0.2, 0.25) is 0 Å². The molecular weight excluding hydrogens is 318 g/mol. The van der Waals surface area contributed by atoms with Crippen LogP contribution in [-0.2, 0) is 0 Å². The minimum Gasteiger partial charge on any atom is -0.477 e. The molecule has 0 radical (unpaired) electrons. The Balaban J connectivity index is 1.36. The Kier molecular flexibility index (Phi) is 5.79. The van der Waals surface area contributed by atoms with Crippen molar-refractivity contribution in [1.82, 2.24) is 14.9 Å². The molecule has 0 aliphatic carbocycles. The number of aromatic nitrogens is 2. The molecular formula is C18H23N5O2. The Bertz CT molecular complexity index is 687. The Hall–Kier alpha value is -2.67. The number of hydrogen-bond acceptors (Lipinski definition) is 6. The Morgan fingerprint density at radius 2 is 1.88 bits per heavy atom. The summed E-state index contributed by atoms with van der Waals surface area (Å²) in [5, 5.41) is 12.1. The van der Waals surface area contributed by atoms with Crippen molar-refractivity contribution < 1.29 is 9.90 Å². The van der Waals surface area contributed by atoms with Crippen LogP contribution in [-0.4, -0.2) is 65.2 Å². The number of piperazine rings is 1. The third kappa shape index (κ3) is 4.90. The van der Waals surface area contributed by atoms with Crippen molar-refractivity contribution in [2.24, 2.45) is 0 Å². The largest absolute Gasteiger partial charge is 0.477 e. The van der Waals surface area contributed by atoms with Crippen LogP contribution in [0.5, 0.6) is 0 Å². The summed E-state index contributed by atoms with van der Waals surface area (Å²) in [6.07, 6.45) is 4.66. The fraction of sp³-hybridized carbons (Fsp3) is 0.389. The van der Waals surface area contributed by atoms with Crippen LogP contribution in [0.15, 0.2) is 42.7 Å². The first kappa shape index (κ1) is 17.2. The van der Waals surface area contributed by atoms with Gasteiger partial charge in [-0.15, -0.1) is 0 Å². The van der Waals surface area contributed by atoms with E-state index in [4.69, 9.17) is 5.11 Å². The maximum absolute atomic E-state index is 10.9. The lowest BCUT2D eigenvalue weighted by Gasteiger charge is -2.36. The molecule has 0 aromatic carbocycles. The Labute approximate surface area is 147 Å². The van der Waals surface area contributed by atoms with E-state index < -0.39 is 5.97 Å². The van der Waals surface area contributed by atoms with Gasteiger partial charge in [0, 0.05) is 50.8 Å². The molecule has 7 heteroatoms. The van der Waals surface area contributed by atoms with E-state index in [2.05, 4.69) is 37.2 Å². The third-order valence-corrected chi connectivity index (χ3v) is 4.33. The molecule has 1 aliphatic heterocycles. The van der Waals surface area contributed by atoms with Gasteiger partial charge in [-0.1, -0.05) is 6.07 Å². The number of carboxylic acids is 1. The summed E-state index contributed by atoms with van der Waals surface area (Å²) >= 11 is 0. The van der Waals surface area contributed by atoms with E-state index in [0.29, 0.717) is 5.82 Å². The predicted molar refractivity (Wildman–Crippen MR) is 97.2 cm³/mol.